The Hall–Kier alpha value is -3.46. The number of carbonyl (C=O) groups excluding carboxylic acids is 1. The van der Waals surface area contributed by atoms with Crippen LogP contribution in [0.25, 0.3) is 11.1 Å². The highest BCUT2D eigenvalue weighted by molar-refractivity contribution is 5.99. The van der Waals surface area contributed by atoms with Crippen molar-refractivity contribution in [2.45, 2.75) is 59.7 Å². The van der Waals surface area contributed by atoms with Gasteiger partial charge in [0.15, 0.2) is 0 Å². The van der Waals surface area contributed by atoms with Gasteiger partial charge < -0.3 is 24.7 Å². The highest BCUT2D eigenvalue weighted by Crippen LogP contribution is 2.38. The fourth-order valence-corrected chi connectivity index (χ4v) is 7.04. The molecular formula is C35H44N4O4. The molecule has 0 atom stereocenters. The Kier molecular flexibility index (Phi) is 8.45. The summed E-state index contributed by atoms with van der Waals surface area (Å²) in [6.07, 6.45) is 1.93. The van der Waals surface area contributed by atoms with Crippen LogP contribution in [-0.4, -0.2) is 67.9 Å². The number of nitrogens with one attached hydrogen (secondary N) is 2. The number of aromatic amines is 1. The molecule has 0 unspecified atom stereocenters. The summed E-state index contributed by atoms with van der Waals surface area (Å²) in [5.74, 6) is -0.175. The summed E-state index contributed by atoms with van der Waals surface area (Å²) in [4.78, 5) is 34.2. The van der Waals surface area contributed by atoms with Crippen LogP contribution < -0.4 is 15.8 Å². The number of H-pyrrole nitrogens is 1. The number of hydrogen-bond acceptors (Lipinski definition) is 6. The highest BCUT2D eigenvalue weighted by Gasteiger charge is 2.48. The van der Waals surface area contributed by atoms with Crippen molar-refractivity contribution in [2.75, 3.05) is 51.0 Å². The third kappa shape index (κ3) is 6.14. The van der Waals surface area contributed by atoms with Crippen LogP contribution >= 0.6 is 0 Å². The predicted octanol–water partition coefficient (Wildman–Crippen LogP) is 4.73. The maximum Gasteiger partial charge on any atom is 0.253 e. The quantitative estimate of drug-likeness (QED) is 0.378. The zero-order valence-electron chi connectivity index (χ0n) is 25.9. The predicted molar refractivity (Wildman–Crippen MR) is 170 cm³/mol. The molecule has 1 amide bonds. The van der Waals surface area contributed by atoms with Crippen molar-refractivity contribution in [2.24, 2.45) is 5.41 Å². The van der Waals surface area contributed by atoms with Gasteiger partial charge in [0.05, 0.1) is 13.2 Å². The van der Waals surface area contributed by atoms with Crippen LogP contribution in [0.3, 0.4) is 0 Å². The van der Waals surface area contributed by atoms with Gasteiger partial charge >= 0.3 is 0 Å². The molecule has 6 rings (SSSR count). The maximum atomic E-state index is 13.8. The first-order chi connectivity index (χ1) is 20.7. The topological polar surface area (TPSA) is 86.9 Å². The molecule has 8 nitrogen and oxygen atoms in total. The molecule has 3 aliphatic heterocycles. The molecule has 1 aromatic heterocycles. The third-order valence-electron chi connectivity index (χ3n) is 9.45. The van der Waals surface area contributed by atoms with Crippen LogP contribution in [-0.2, 0) is 22.6 Å². The molecular weight excluding hydrogens is 540 g/mol. The van der Waals surface area contributed by atoms with Crippen molar-refractivity contribution >= 4 is 11.6 Å². The number of likely N-dealkylation sites (tertiary alicyclic amines) is 1. The summed E-state index contributed by atoms with van der Waals surface area (Å²) in [7, 11) is 0. The molecule has 2 aromatic carbocycles. The highest BCUT2D eigenvalue weighted by atomic mass is 16.5. The number of amides is 1. The number of aromatic nitrogens is 1. The molecule has 0 saturated carbocycles. The minimum absolute atomic E-state index is 0.157. The average molecular weight is 585 g/mol. The van der Waals surface area contributed by atoms with Gasteiger partial charge in [0.2, 0.25) is 0 Å². The van der Waals surface area contributed by atoms with Crippen molar-refractivity contribution in [1.29, 1.82) is 0 Å². The van der Waals surface area contributed by atoms with E-state index < -0.39 is 0 Å². The van der Waals surface area contributed by atoms with Gasteiger partial charge in [0.25, 0.3) is 11.5 Å². The largest absolute Gasteiger partial charge is 0.381 e. The normalized spacial score (nSPS) is 18.2. The van der Waals surface area contributed by atoms with Crippen LogP contribution in [0, 0.1) is 26.2 Å². The van der Waals surface area contributed by atoms with Crippen LogP contribution in [0.4, 0.5) is 5.69 Å². The Labute approximate surface area is 254 Å². The number of hydrogen-bond donors (Lipinski definition) is 2. The van der Waals surface area contributed by atoms with E-state index >= 15 is 0 Å². The van der Waals surface area contributed by atoms with Crippen LogP contribution in [0.2, 0.25) is 0 Å². The third-order valence-corrected chi connectivity index (χ3v) is 9.45. The fourth-order valence-electron chi connectivity index (χ4n) is 7.04. The van der Waals surface area contributed by atoms with Gasteiger partial charge in [0.1, 0.15) is 0 Å². The molecule has 228 valence electrons. The molecule has 0 radical (unpaired) electrons. The Bertz CT molecular complexity index is 1530. The Balaban J connectivity index is 1.28. The summed E-state index contributed by atoms with van der Waals surface area (Å²) in [6, 6.07) is 15.3. The number of anilines is 1. The molecule has 0 bridgehead atoms. The Morgan fingerprint density at radius 3 is 2.37 bits per heavy atom. The Morgan fingerprint density at radius 2 is 1.74 bits per heavy atom. The summed E-state index contributed by atoms with van der Waals surface area (Å²) < 4.78 is 11.1. The van der Waals surface area contributed by atoms with E-state index in [1.807, 2.05) is 32.9 Å². The van der Waals surface area contributed by atoms with E-state index in [1.165, 1.54) is 5.56 Å². The number of nitrogens with zero attached hydrogens (tertiary/aromatic N) is 2. The SMILES string of the molecule is CCN(c1cc(-c2ccc(CN3CC4(COC4)C3)cc2)cc(C(=O)NCc2c(C)cc(C)[nH]c2=O)c1C)C1CCOCC1. The number of rotatable bonds is 9. The van der Waals surface area contributed by atoms with Gasteiger partial charge in [0, 0.05) is 79.9 Å². The van der Waals surface area contributed by atoms with Crippen molar-refractivity contribution in [3.8, 4) is 11.1 Å². The molecule has 43 heavy (non-hydrogen) atoms. The van der Waals surface area contributed by atoms with Crippen molar-refractivity contribution in [1.82, 2.24) is 15.2 Å². The van der Waals surface area contributed by atoms with Gasteiger partial charge in [-0.3, -0.25) is 14.5 Å². The van der Waals surface area contributed by atoms with Crippen molar-refractivity contribution < 1.29 is 14.3 Å². The number of aryl methyl sites for hydroxylation is 2. The molecule has 8 heteroatoms. The maximum absolute atomic E-state index is 13.8. The van der Waals surface area contributed by atoms with E-state index in [1.54, 1.807) is 0 Å². The molecule has 3 aliphatic rings. The van der Waals surface area contributed by atoms with Gasteiger partial charge in [-0.1, -0.05) is 24.3 Å². The zero-order valence-corrected chi connectivity index (χ0v) is 25.9. The first kappa shape index (κ1) is 29.6. The summed E-state index contributed by atoms with van der Waals surface area (Å²) >= 11 is 0. The molecule has 3 aromatic rings. The lowest BCUT2D eigenvalue weighted by atomic mass is 9.78. The number of pyridine rings is 1. The minimum Gasteiger partial charge on any atom is -0.381 e. The standard InChI is InChI=1S/C35H44N4O4/c1-5-39(29-10-12-42-13-11-29)32-16-28(27-8-6-26(7-9-27)18-38-19-35(20-38)21-43-22-35)15-30(25(32)4)33(40)36-17-31-23(2)14-24(3)37-34(31)41/h6-9,14-16,29H,5,10-13,17-22H2,1-4H3,(H,36,40)(H,37,41). The van der Waals surface area contributed by atoms with Gasteiger partial charge in [-0.25, -0.2) is 0 Å². The van der Waals surface area contributed by atoms with E-state index in [-0.39, 0.29) is 18.0 Å². The minimum atomic E-state index is -0.175. The second kappa shape index (κ2) is 12.3. The first-order valence-corrected chi connectivity index (χ1v) is 15.6. The molecule has 2 N–H and O–H groups in total. The van der Waals surface area contributed by atoms with E-state index in [0.717, 1.165) is 99.1 Å². The first-order valence-electron chi connectivity index (χ1n) is 15.6. The smallest absolute Gasteiger partial charge is 0.253 e. The number of carbonyl (C=O) groups is 1. The molecule has 3 saturated heterocycles. The summed E-state index contributed by atoms with van der Waals surface area (Å²) in [5.41, 5.74) is 8.58. The second-order valence-corrected chi connectivity index (χ2v) is 12.8. The average Bonchev–Trinajstić information content (AvgIpc) is 2.95. The van der Waals surface area contributed by atoms with Crippen LogP contribution in [0.1, 0.15) is 58.1 Å². The van der Waals surface area contributed by atoms with E-state index in [4.69, 9.17) is 9.47 Å². The number of ether oxygens (including phenoxy) is 2. The fraction of sp³-hybridized carbons (Fsp3) is 0.486. The van der Waals surface area contributed by atoms with Crippen LogP contribution in [0.5, 0.6) is 0 Å². The van der Waals surface area contributed by atoms with Crippen LogP contribution in [0.15, 0.2) is 47.3 Å². The van der Waals surface area contributed by atoms with Gasteiger partial charge in [-0.15, -0.1) is 0 Å². The molecule has 3 fully saturated rings. The summed E-state index contributed by atoms with van der Waals surface area (Å²) in [6.45, 7) is 15.5. The number of benzene rings is 2. The van der Waals surface area contributed by atoms with E-state index in [0.29, 0.717) is 22.6 Å². The summed E-state index contributed by atoms with van der Waals surface area (Å²) in [5, 5.41) is 3.05. The lowest BCUT2D eigenvalue weighted by Gasteiger charge is -2.55. The lowest BCUT2D eigenvalue weighted by Crippen LogP contribution is -2.65. The Morgan fingerprint density at radius 1 is 1.02 bits per heavy atom. The van der Waals surface area contributed by atoms with Crippen molar-refractivity contribution in [3.05, 3.63) is 86.3 Å². The molecule has 1 spiro atoms. The van der Waals surface area contributed by atoms with E-state index in [2.05, 4.69) is 57.4 Å². The molecule has 0 aliphatic carbocycles. The molecule has 4 heterocycles. The lowest BCUT2D eigenvalue weighted by molar-refractivity contribution is -0.191. The zero-order chi connectivity index (χ0) is 30.1. The van der Waals surface area contributed by atoms with Crippen molar-refractivity contribution in [3.63, 3.8) is 0 Å². The second-order valence-electron chi connectivity index (χ2n) is 12.8. The van der Waals surface area contributed by atoms with E-state index in [9.17, 15) is 9.59 Å². The van der Waals surface area contributed by atoms with Gasteiger partial charge in [-0.05, 0) is 86.6 Å². The monoisotopic (exact) mass is 584 g/mol. The van der Waals surface area contributed by atoms with Gasteiger partial charge in [-0.2, -0.15) is 0 Å².